The van der Waals surface area contributed by atoms with Crippen LogP contribution in [0.25, 0.3) is 21.5 Å². The normalized spacial score (nSPS) is 11.0. The Hall–Kier alpha value is -1.53. The lowest BCUT2D eigenvalue weighted by Gasteiger charge is -2.05. The van der Waals surface area contributed by atoms with Crippen LogP contribution in [0, 0.1) is 0 Å². The first kappa shape index (κ1) is 8.75. The zero-order valence-electron chi connectivity index (χ0n) is 8.07. The average molecular weight is 219 g/mol. The smallest absolute Gasteiger partial charge is 0.0490 e. The van der Waals surface area contributed by atoms with Crippen molar-refractivity contribution in [1.29, 1.82) is 0 Å². The van der Waals surface area contributed by atoms with Gasteiger partial charge in [-0.15, -0.1) is 0 Å². The largest absolute Gasteiger partial charge is 0.0836 e. The second-order valence-corrected chi connectivity index (χ2v) is 4.03. The minimum atomic E-state index is 0.823. The number of fused-ring (bicyclic) bond motifs is 3. The molecule has 0 aliphatic rings. The van der Waals surface area contributed by atoms with Gasteiger partial charge in [-0.25, -0.2) is 0 Å². The molecule has 0 unspecified atom stereocenters. The van der Waals surface area contributed by atoms with Crippen molar-refractivity contribution in [2.24, 2.45) is 0 Å². The predicted octanol–water partition coefficient (Wildman–Crippen LogP) is 4.65. The minimum Gasteiger partial charge on any atom is -0.0836 e. The molecule has 0 radical (unpaired) electrons. The van der Waals surface area contributed by atoms with Crippen molar-refractivity contribution >= 4 is 33.1 Å². The molecule has 3 rings (SSSR count). The lowest BCUT2D eigenvalue weighted by Crippen LogP contribution is -1.78. The van der Waals surface area contributed by atoms with E-state index in [1.165, 1.54) is 16.2 Å². The van der Waals surface area contributed by atoms with E-state index >= 15 is 0 Å². The van der Waals surface area contributed by atoms with Gasteiger partial charge in [-0.05, 0) is 22.2 Å². The van der Waals surface area contributed by atoms with Crippen molar-refractivity contribution in [3.8, 4) is 0 Å². The number of rotatable bonds is 0. The predicted molar refractivity (Wildman–Crippen MR) is 66.5 cm³/mol. The molecule has 0 aliphatic heterocycles. The van der Waals surface area contributed by atoms with Gasteiger partial charge in [0.25, 0.3) is 0 Å². The van der Waals surface area contributed by atoms with Crippen LogP contribution in [0.4, 0.5) is 0 Å². The molecule has 0 heterocycles. The van der Waals surface area contributed by atoms with Crippen molar-refractivity contribution in [1.82, 2.24) is 0 Å². The molecule has 0 bridgehead atoms. The van der Waals surface area contributed by atoms with Crippen LogP contribution in [0.5, 0.6) is 0 Å². The van der Waals surface area contributed by atoms with Gasteiger partial charge in [0.1, 0.15) is 0 Å². The third-order valence-electron chi connectivity index (χ3n) is 2.72. The van der Waals surface area contributed by atoms with Gasteiger partial charge in [-0.2, -0.15) is 0 Å². The maximum Gasteiger partial charge on any atom is 0.0490 e. The molecule has 0 amide bonds. The summed E-state index contributed by atoms with van der Waals surface area (Å²) in [7, 11) is 0. The van der Waals surface area contributed by atoms with E-state index in [1.54, 1.807) is 0 Å². The highest BCUT2D eigenvalue weighted by Crippen LogP contribution is 2.31. The fourth-order valence-electron chi connectivity index (χ4n) is 2.01. The Morgan fingerprint density at radius 2 is 1.27 bits per heavy atom. The van der Waals surface area contributed by atoms with Crippen LogP contribution in [0.2, 0.25) is 5.02 Å². The summed E-state index contributed by atoms with van der Waals surface area (Å²) in [6.07, 6.45) is 0. The van der Waals surface area contributed by atoms with Gasteiger partial charge in [0.15, 0.2) is 0 Å². The second kappa shape index (κ2) is 3.25. The molecule has 0 saturated heterocycles. The van der Waals surface area contributed by atoms with Crippen molar-refractivity contribution in [3.05, 3.63) is 59.6 Å². The van der Waals surface area contributed by atoms with Gasteiger partial charge in [0.2, 0.25) is 0 Å². The highest BCUT2D eigenvalue weighted by Gasteiger charge is 2.02. The maximum absolute atomic E-state index is 6.24. The topological polar surface area (TPSA) is 0 Å². The molecule has 0 fully saturated rings. The maximum atomic E-state index is 6.24. The SMILES string of the molecule is Clc1c[13c]2[13cH][13cH][13cH][13cH][13c]2c2ccccc12. The van der Waals surface area contributed by atoms with E-state index in [9.17, 15) is 0 Å². The fraction of sp³-hybridized carbons (Fsp3) is 0. The van der Waals surface area contributed by atoms with Gasteiger partial charge >= 0.3 is 0 Å². The zero-order valence-corrected chi connectivity index (χ0v) is 8.83. The van der Waals surface area contributed by atoms with Crippen molar-refractivity contribution < 1.29 is 0 Å². The van der Waals surface area contributed by atoms with E-state index in [0.717, 1.165) is 10.4 Å². The van der Waals surface area contributed by atoms with E-state index in [-0.39, 0.29) is 0 Å². The molecule has 0 N–H and O–H groups in total. The van der Waals surface area contributed by atoms with Gasteiger partial charge in [-0.3, -0.25) is 0 Å². The molecule has 0 nitrogen and oxygen atoms in total. The van der Waals surface area contributed by atoms with E-state index in [4.69, 9.17) is 11.6 Å². The first-order valence-corrected chi connectivity index (χ1v) is 5.30. The molecule has 15 heavy (non-hydrogen) atoms. The van der Waals surface area contributed by atoms with E-state index in [1.807, 2.05) is 24.3 Å². The van der Waals surface area contributed by atoms with Crippen LogP contribution >= 0.6 is 11.6 Å². The molecular formula is C14H9Cl. The quantitative estimate of drug-likeness (QED) is 0.482. The molecule has 3 aromatic carbocycles. The summed E-state index contributed by atoms with van der Waals surface area (Å²) in [5.41, 5.74) is 0. The molecule has 0 aromatic heterocycles. The zero-order chi connectivity index (χ0) is 10.3. The highest BCUT2D eigenvalue weighted by atomic mass is 35.5. The number of halogens is 1. The highest BCUT2D eigenvalue weighted by molar-refractivity contribution is 6.37. The number of hydrogen-bond acceptors (Lipinski definition) is 0. The summed E-state index contributed by atoms with van der Waals surface area (Å²) < 4.78 is 0. The number of hydrogen-bond donors (Lipinski definition) is 0. The molecular weight excluding hydrogens is 210 g/mol. The molecule has 0 saturated carbocycles. The molecule has 72 valence electrons. The van der Waals surface area contributed by atoms with E-state index in [2.05, 4.69) is 30.3 Å². The lowest BCUT2D eigenvalue weighted by atomic mass is 10.2. The summed E-state index contributed by atoms with van der Waals surface area (Å²) in [6.45, 7) is 0. The van der Waals surface area contributed by atoms with Crippen molar-refractivity contribution in [2.45, 2.75) is 0 Å². The summed E-state index contributed by atoms with van der Waals surface area (Å²) in [6, 6.07) is 18.6. The van der Waals surface area contributed by atoms with Crippen LogP contribution < -0.4 is 0 Å². The van der Waals surface area contributed by atoms with Gasteiger partial charge in [0, 0.05) is 10.4 Å². The molecule has 0 atom stereocenters. The first-order valence-electron chi connectivity index (χ1n) is 4.92. The molecule has 0 aliphatic carbocycles. The third kappa shape index (κ3) is 1.30. The van der Waals surface area contributed by atoms with Crippen LogP contribution in [0.1, 0.15) is 0 Å². The average Bonchev–Trinajstić information content (AvgIpc) is 2.30. The van der Waals surface area contributed by atoms with Crippen LogP contribution in [-0.4, -0.2) is 0 Å². The molecule has 0 spiro atoms. The third-order valence-corrected chi connectivity index (χ3v) is 3.03. The fourth-order valence-corrected chi connectivity index (χ4v) is 2.29. The summed E-state index contributed by atoms with van der Waals surface area (Å²) in [4.78, 5) is 0. The summed E-state index contributed by atoms with van der Waals surface area (Å²) in [5.74, 6) is 0. The Morgan fingerprint density at radius 1 is 0.667 bits per heavy atom. The Bertz CT molecular complexity index is 641. The Balaban J connectivity index is 2.64. The number of benzene rings is 3. The van der Waals surface area contributed by atoms with Gasteiger partial charge in [0.05, 0.1) is 0 Å². The van der Waals surface area contributed by atoms with Gasteiger partial charge in [-0.1, -0.05) is 60.1 Å². The standard InChI is InChI=1S/C14H9Cl/c15-14-9-10-5-1-2-6-11(10)12-7-3-4-8-13(12)14/h1-9H/i1+1,2+1,5+1,6+1,10+1,11+1. The Morgan fingerprint density at radius 3 is 2.07 bits per heavy atom. The summed E-state index contributed by atoms with van der Waals surface area (Å²) in [5, 5.41) is 5.63. The molecule has 1 heteroatoms. The minimum absolute atomic E-state index is 0.823. The Labute approximate surface area is 93.1 Å². The van der Waals surface area contributed by atoms with Gasteiger partial charge < -0.3 is 0 Å². The first-order chi connectivity index (χ1) is 7.36. The summed E-state index contributed by atoms with van der Waals surface area (Å²) >= 11 is 6.24. The van der Waals surface area contributed by atoms with Crippen LogP contribution in [0.3, 0.4) is 0 Å². The molecule has 3 aromatic rings. The van der Waals surface area contributed by atoms with E-state index < -0.39 is 0 Å². The van der Waals surface area contributed by atoms with Crippen LogP contribution in [0.15, 0.2) is 54.6 Å². The van der Waals surface area contributed by atoms with E-state index in [0.29, 0.717) is 0 Å². The Kier molecular flexibility index (Phi) is 1.90. The van der Waals surface area contributed by atoms with Crippen molar-refractivity contribution in [2.75, 3.05) is 0 Å². The van der Waals surface area contributed by atoms with Crippen molar-refractivity contribution in [3.63, 3.8) is 0 Å². The monoisotopic (exact) mass is 218 g/mol. The second-order valence-electron chi connectivity index (χ2n) is 3.63. The lowest BCUT2D eigenvalue weighted by molar-refractivity contribution is 1.76. The van der Waals surface area contributed by atoms with Crippen LogP contribution in [-0.2, 0) is 0 Å².